The molecule has 2 aromatic rings. The highest BCUT2D eigenvalue weighted by Gasteiger charge is 2.04. The minimum Gasteiger partial charge on any atom is -0.237 e. The van der Waals surface area contributed by atoms with Gasteiger partial charge in [0.25, 0.3) is 0 Å². The third kappa shape index (κ3) is 1.18. The quantitative estimate of drug-likeness (QED) is 0.673. The van der Waals surface area contributed by atoms with Crippen LogP contribution < -0.4 is 0 Å². The molecule has 0 bridgehead atoms. The van der Waals surface area contributed by atoms with Gasteiger partial charge < -0.3 is 0 Å². The summed E-state index contributed by atoms with van der Waals surface area (Å²) in [6.45, 7) is 4.22. The lowest BCUT2D eigenvalue weighted by Crippen LogP contribution is -1.93. The average molecular weight is 179 g/mol. The monoisotopic (exact) mass is 179 g/mol. The van der Waals surface area contributed by atoms with Crippen LogP contribution in [0.4, 0.5) is 0 Å². The molecule has 2 aromatic heterocycles. The van der Waals surface area contributed by atoms with Crippen LogP contribution in [0.1, 0.15) is 25.5 Å². The highest BCUT2D eigenvalue weighted by atomic mass is 32.1. The molecule has 0 N–H and O–H groups in total. The Balaban J connectivity index is 2.60. The molecule has 2 rings (SSSR count). The maximum Gasteiger partial charge on any atom is 0.189 e. The molecule has 0 radical (unpaired) electrons. The zero-order valence-electron chi connectivity index (χ0n) is 6.98. The lowest BCUT2D eigenvalue weighted by molar-refractivity contribution is 0.822. The molecule has 0 amide bonds. The van der Waals surface area contributed by atoms with Crippen molar-refractivity contribution in [2.24, 2.45) is 0 Å². The summed E-state index contributed by atoms with van der Waals surface area (Å²) in [5, 5.41) is 0. The molecule has 12 heavy (non-hydrogen) atoms. The molecule has 0 aromatic carbocycles. The molecule has 0 aliphatic carbocycles. The number of fused-ring (bicyclic) bond motifs is 1. The topological polar surface area (TPSA) is 38.7 Å². The van der Waals surface area contributed by atoms with E-state index in [2.05, 4.69) is 28.8 Å². The Morgan fingerprint density at radius 3 is 2.92 bits per heavy atom. The third-order valence-electron chi connectivity index (χ3n) is 1.67. The Hall–Kier alpha value is -1.03. The van der Waals surface area contributed by atoms with E-state index in [0.29, 0.717) is 5.92 Å². The van der Waals surface area contributed by atoms with E-state index >= 15 is 0 Å². The summed E-state index contributed by atoms with van der Waals surface area (Å²) < 4.78 is 0. The summed E-state index contributed by atoms with van der Waals surface area (Å²) in [5.41, 5.74) is 3.56. The minimum absolute atomic E-state index is 0.434. The fourth-order valence-corrected chi connectivity index (χ4v) is 1.57. The van der Waals surface area contributed by atoms with Crippen molar-refractivity contribution in [3.8, 4) is 0 Å². The van der Waals surface area contributed by atoms with Crippen LogP contribution in [-0.4, -0.2) is 15.0 Å². The molecular weight excluding hydrogens is 170 g/mol. The van der Waals surface area contributed by atoms with Crippen LogP contribution in [0.2, 0.25) is 0 Å². The lowest BCUT2D eigenvalue weighted by atomic mass is 10.1. The van der Waals surface area contributed by atoms with Gasteiger partial charge in [-0.25, -0.2) is 15.0 Å². The van der Waals surface area contributed by atoms with Crippen LogP contribution >= 0.6 is 11.3 Å². The second-order valence-electron chi connectivity index (χ2n) is 2.93. The van der Waals surface area contributed by atoms with E-state index in [0.717, 1.165) is 16.2 Å². The van der Waals surface area contributed by atoms with E-state index in [1.165, 1.54) is 11.3 Å². The summed E-state index contributed by atoms with van der Waals surface area (Å²) in [6, 6.07) is 0. The van der Waals surface area contributed by atoms with Gasteiger partial charge in [0.15, 0.2) is 10.5 Å². The fraction of sp³-hybridized carbons (Fsp3) is 0.375. The molecular formula is C8H9N3S. The lowest BCUT2D eigenvalue weighted by Gasteiger charge is -2.00. The van der Waals surface area contributed by atoms with Crippen LogP contribution in [0.15, 0.2) is 11.7 Å². The van der Waals surface area contributed by atoms with Crippen molar-refractivity contribution in [1.82, 2.24) is 15.0 Å². The van der Waals surface area contributed by atoms with Crippen molar-refractivity contribution < 1.29 is 0 Å². The maximum atomic E-state index is 4.43. The van der Waals surface area contributed by atoms with E-state index < -0.39 is 0 Å². The van der Waals surface area contributed by atoms with Gasteiger partial charge in [-0.05, 0) is 5.92 Å². The van der Waals surface area contributed by atoms with E-state index in [1.807, 2.05) is 0 Å². The predicted molar refractivity (Wildman–Crippen MR) is 49.3 cm³/mol. The number of thiazole rings is 1. The van der Waals surface area contributed by atoms with Crippen LogP contribution in [0.3, 0.4) is 0 Å². The molecule has 0 aliphatic heterocycles. The SMILES string of the molecule is CC(C)c1cnc2ncsc2n1. The summed E-state index contributed by atoms with van der Waals surface area (Å²) in [4.78, 5) is 13.6. The van der Waals surface area contributed by atoms with Gasteiger partial charge in [0.1, 0.15) is 0 Å². The van der Waals surface area contributed by atoms with Crippen molar-refractivity contribution in [3.05, 3.63) is 17.4 Å². The van der Waals surface area contributed by atoms with Crippen LogP contribution in [0.25, 0.3) is 10.5 Å². The van der Waals surface area contributed by atoms with Gasteiger partial charge in [-0.2, -0.15) is 0 Å². The Kier molecular flexibility index (Phi) is 1.77. The van der Waals surface area contributed by atoms with Gasteiger partial charge in [0, 0.05) is 0 Å². The number of nitrogens with zero attached hydrogens (tertiary/aromatic N) is 3. The van der Waals surface area contributed by atoms with Crippen molar-refractivity contribution in [1.29, 1.82) is 0 Å². The predicted octanol–water partition coefficient (Wildman–Crippen LogP) is 2.21. The molecule has 62 valence electrons. The number of hydrogen-bond donors (Lipinski definition) is 0. The molecule has 0 fully saturated rings. The summed E-state index contributed by atoms with van der Waals surface area (Å²) in [6.07, 6.45) is 1.80. The van der Waals surface area contributed by atoms with E-state index in [1.54, 1.807) is 11.7 Å². The Morgan fingerprint density at radius 2 is 2.17 bits per heavy atom. The zero-order chi connectivity index (χ0) is 8.55. The molecule has 0 atom stereocenters. The maximum absolute atomic E-state index is 4.43. The zero-order valence-corrected chi connectivity index (χ0v) is 7.80. The number of hydrogen-bond acceptors (Lipinski definition) is 4. The Bertz CT molecular complexity index is 394. The first-order valence-corrected chi connectivity index (χ1v) is 4.71. The van der Waals surface area contributed by atoms with Crippen LogP contribution in [0, 0.1) is 0 Å². The molecule has 0 saturated carbocycles. The highest BCUT2D eigenvalue weighted by Crippen LogP contribution is 2.16. The molecule has 4 heteroatoms. The van der Waals surface area contributed by atoms with Crippen molar-refractivity contribution in [2.75, 3.05) is 0 Å². The van der Waals surface area contributed by atoms with Crippen molar-refractivity contribution >= 4 is 21.8 Å². The van der Waals surface area contributed by atoms with Crippen molar-refractivity contribution in [3.63, 3.8) is 0 Å². The highest BCUT2D eigenvalue weighted by molar-refractivity contribution is 7.16. The van der Waals surface area contributed by atoms with Gasteiger partial charge >= 0.3 is 0 Å². The first kappa shape index (κ1) is 7.61. The minimum atomic E-state index is 0.434. The Morgan fingerprint density at radius 1 is 1.33 bits per heavy atom. The second kappa shape index (κ2) is 2.79. The van der Waals surface area contributed by atoms with E-state index in [4.69, 9.17) is 0 Å². The molecule has 2 heterocycles. The average Bonchev–Trinajstić information content (AvgIpc) is 2.49. The van der Waals surface area contributed by atoms with Crippen molar-refractivity contribution in [2.45, 2.75) is 19.8 Å². The smallest absolute Gasteiger partial charge is 0.189 e. The molecule has 0 saturated heterocycles. The Labute approximate surface area is 74.5 Å². The normalized spacial score (nSPS) is 11.2. The van der Waals surface area contributed by atoms with Crippen LogP contribution in [0.5, 0.6) is 0 Å². The number of rotatable bonds is 1. The third-order valence-corrected chi connectivity index (χ3v) is 2.38. The summed E-state index contributed by atoms with van der Waals surface area (Å²) in [5.74, 6) is 0.434. The fourth-order valence-electron chi connectivity index (χ4n) is 0.951. The van der Waals surface area contributed by atoms with Gasteiger partial charge in [0.2, 0.25) is 0 Å². The molecule has 3 nitrogen and oxygen atoms in total. The van der Waals surface area contributed by atoms with E-state index in [-0.39, 0.29) is 0 Å². The first-order valence-electron chi connectivity index (χ1n) is 3.83. The second-order valence-corrected chi connectivity index (χ2v) is 3.76. The van der Waals surface area contributed by atoms with Gasteiger partial charge in [-0.3, -0.25) is 0 Å². The largest absolute Gasteiger partial charge is 0.237 e. The van der Waals surface area contributed by atoms with E-state index in [9.17, 15) is 0 Å². The first-order chi connectivity index (χ1) is 5.77. The van der Waals surface area contributed by atoms with Gasteiger partial charge in [0.05, 0.1) is 17.4 Å². The molecule has 0 spiro atoms. The standard InChI is InChI=1S/C8H9N3S/c1-5(2)6-3-9-7-8(11-6)12-4-10-7/h3-5H,1-2H3. The van der Waals surface area contributed by atoms with Gasteiger partial charge in [-0.1, -0.05) is 13.8 Å². The van der Waals surface area contributed by atoms with Crippen LogP contribution in [-0.2, 0) is 0 Å². The molecule has 0 aliphatic rings. The summed E-state index contributed by atoms with van der Waals surface area (Å²) in [7, 11) is 0. The number of aromatic nitrogens is 3. The summed E-state index contributed by atoms with van der Waals surface area (Å²) >= 11 is 1.53. The molecule has 0 unspecified atom stereocenters. The van der Waals surface area contributed by atoms with Gasteiger partial charge in [-0.15, -0.1) is 11.3 Å².